The van der Waals surface area contributed by atoms with Crippen LogP contribution in [0.15, 0.2) is 63.1 Å². The molecule has 1 aliphatic heterocycles. The fraction of sp³-hybridized carbons (Fsp3) is 0.286. The van der Waals surface area contributed by atoms with E-state index < -0.39 is 10.0 Å². The van der Waals surface area contributed by atoms with Crippen LogP contribution in [0.5, 0.6) is 5.75 Å². The van der Waals surface area contributed by atoms with Crippen LogP contribution in [0.3, 0.4) is 0 Å². The van der Waals surface area contributed by atoms with Gasteiger partial charge in [0.15, 0.2) is 0 Å². The summed E-state index contributed by atoms with van der Waals surface area (Å²) in [7, 11) is -2.02. The summed E-state index contributed by atoms with van der Waals surface area (Å²) in [5.74, 6) is 0.729. The number of morpholine rings is 1. The topological polar surface area (TPSA) is 124 Å². The van der Waals surface area contributed by atoms with Crippen molar-refractivity contribution in [2.45, 2.75) is 10.1 Å². The Morgan fingerprint density at radius 3 is 2.64 bits per heavy atom. The predicted octanol–water partition coefficient (Wildman–Crippen LogP) is 2.50. The number of ether oxygens (including phenoxy) is 2. The molecule has 10 nitrogen and oxygen atoms in total. The molecule has 1 aromatic heterocycles. The van der Waals surface area contributed by atoms with Crippen molar-refractivity contribution in [1.82, 2.24) is 14.5 Å². The molecular formula is C21H22N4O6S2. The van der Waals surface area contributed by atoms with E-state index in [9.17, 15) is 13.2 Å². The minimum Gasteiger partial charge on any atom is -0.497 e. The number of carbonyl (C=O) groups is 1. The molecule has 2 aromatic carbocycles. The van der Waals surface area contributed by atoms with E-state index >= 15 is 0 Å². The van der Waals surface area contributed by atoms with Gasteiger partial charge in [-0.05, 0) is 36.4 Å². The highest BCUT2D eigenvalue weighted by molar-refractivity contribution is 7.99. The fourth-order valence-corrected chi connectivity index (χ4v) is 5.09. The van der Waals surface area contributed by atoms with Crippen LogP contribution in [0.4, 0.5) is 5.69 Å². The van der Waals surface area contributed by atoms with Crippen molar-refractivity contribution in [3.63, 3.8) is 0 Å². The molecule has 174 valence electrons. The lowest BCUT2D eigenvalue weighted by molar-refractivity contribution is -0.113. The zero-order valence-electron chi connectivity index (χ0n) is 17.8. The standard InChI is InChI=1S/C21H22N4O6S2/c1-29-17-4-2-3-16(13-17)22-19(26)14-32-21-24-23-20(31-21)15-5-7-18(8-6-15)33(27,28)25-9-11-30-12-10-25/h2-8,13H,9-12,14H2,1H3,(H,22,26). The summed E-state index contributed by atoms with van der Waals surface area (Å²) < 4.78 is 42.8. The molecular weight excluding hydrogens is 468 g/mol. The Labute approximate surface area is 195 Å². The first kappa shape index (κ1) is 23.2. The van der Waals surface area contributed by atoms with E-state index in [-0.39, 0.29) is 27.7 Å². The van der Waals surface area contributed by atoms with Crippen LogP contribution in [0.25, 0.3) is 11.5 Å². The average molecular weight is 491 g/mol. The molecule has 2 heterocycles. The molecule has 3 aromatic rings. The fourth-order valence-electron chi connectivity index (χ4n) is 3.12. The van der Waals surface area contributed by atoms with Gasteiger partial charge >= 0.3 is 0 Å². The molecule has 1 amide bonds. The minimum atomic E-state index is -3.57. The molecule has 0 aliphatic carbocycles. The Kier molecular flexibility index (Phi) is 7.28. The molecule has 1 fully saturated rings. The van der Waals surface area contributed by atoms with Crippen molar-refractivity contribution in [3.8, 4) is 17.2 Å². The molecule has 0 unspecified atom stereocenters. The Morgan fingerprint density at radius 2 is 1.91 bits per heavy atom. The van der Waals surface area contributed by atoms with Gasteiger partial charge < -0.3 is 19.2 Å². The second-order valence-electron chi connectivity index (χ2n) is 6.98. The van der Waals surface area contributed by atoms with E-state index in [4.69, 9.17) is 13.9 Å². The summed E-state index contributed by atoms with van der Waals surface area (Å²) >= 11 is 1.10. The minimum absolute atomic E-state index is 0.0789. The Morgan fingerprint density at radius 1 is 1.15 bits per heavy atom. The first-order valence-corrected chi connectivity index (χ1v) is 12.5. The number of aromatic nitrogens is 2. The quantitative estimate of drug-likeness (QED) is 0.474. The number of methoxy groups -OCH3 is 1. The maximum Gasteiger partial charge on any atom is 0.277 e. The summed E-state index contributed by atoms with van der Waals surface area (Å²) in [5, 5.41) is 10.9. The number of anilines is 1. The molecule has 1 aliphatic rings. The second-order valence-corrected chi connectivity index (χ2v) is 9.85. The number of nitrogens with zero attached hydrogens (tertiary/aromatic N) is 3. The number of thioether (sulfide) groups is 1. The Hall–Kier alpha value is -2.93. The van der Waals surface area contributed by atoms with Crippen LogP contribution < -0.4 is 10.1 Å². The van der Waals surface area contributed by atoms with Gasteiger partial charge in [-0.2, -0.15) is 4.31 Å². The number of hydrogen-bond donors (Lipinski definition) is 1. The van der Waals surface area contributed by atoms with Crippen LogP contribution in [0.1, 0.15) is 0 Å². The average Bonchev–Trinajstić information content (AvgIpc) is 3.33. The largest absolute Gasteiger partial charge is 0.497 e. The van der Waals surface area contributed by atoms with Crippen LogP contribution >= 0.6 is 11.8 Å². The van der Waals surface area contributed by atoms with Crippen LogP contribution in [-0.4, -0.2) is 68.0 Å². The molecule has 0 spiro atoms. The summed E-state index contributed by atoms with van der Waals surface area (Å²) in [6.45, 7) is 1.44. The number of amides is 1. The maximum absolute atomic E-state index is 12.7. The van der Waals surface area contributed by atoms with E-state index in [2.05, 4.69) is 15.5 Å². The summed E-state index contributed by atoms with van der Waals surface area (Å²) in [6, 6.07) is 13.3. The molecule has 12 heteroatoms. The smallest absolute Gasteiger partial charge is 0.277 e. The molecule has 0 radical (unpaired) electrons. The number of sulfonamides is 1. The molecule has 33 heavy (non-hydrogen) atoms. The van der Waals surface area contributed by atoms with Gasteiger partial charge in [-0.3, -0.25) is 4.79 Å². The van der Waals surface area contributed by atoms with Crippen molar-refractivity contribution in [2.24, 2.45) is 0 Å². The lowest BCUT2D eigenvalue weighted by Crippen LogP contribution is -2.40. The number of nitrogens with one attached hydrogen (secondary N) is 1. The van der Waals surface area contributed by atoms with Crippen molar-refractivity contribution in [3.05, 3.63) is 48.5 Å². The highest BCUT2D eigenvalue weighted by atomic mass is 32.2. The predicted molar refractivity (Wildman–Crippen MR) is 122 cm³/mol. The molecule has 0 saturated carbocycles. The van der Waals surface area contributed by atoms with Crippen molar-refractivity contribution in [2.75, 3.05) is 44.5 Å². The van der Waals surface area contributed by atoms with Crippen LogP contribution in [0.2, 0.25) is 0 Å². The van der Waals surface area contributed by atoms with Gasteiger partial charge in [-0.25, -0.2) is 8.42 Å². The van der Waals surface area contributed by atoms with Gasteiger partial charge in [0.05, 0.1) is 31.0 Å². The lowest BCUT2D eigenvalue weighted by Gasteiger charge is -2.26. The van der Waals surface area contributed by atoms with Crippen molar-refractivity contribution in [1.29, 1.82) is 0 Å². The van der Waals surface area contributed by atoms with E-state index in [0.29, 0.717) is 43.3 Å². The normalized spacial score (nSPS) is 14.7. The van der Waals surface area contributed by atoms with Gasteiger partial charge in [0.25, 0.3) is 5.22 Å². The van der Waals surface area contributed by atoms with Gasteiger partial charge in [0, 0.05) is 30.4 Å². The zero-order chi connectivity index (χ0) is 23.3. The number of rotatable bonds is 8. The molecule has 1 N–H and O–H groups in total. The highest BCUT2D eigenvalue weighted by Gasteiger charge is 2.26. The first-order chi connectivity index (χ1) is 16.0. The zero-order valence-corrected chi connectivity index (χ0v) is 19.4. The highest BCUT2D eigenvalue weighted by Crippen LogP contribution is 2.26. The van der Waals surface area contributed by atoms with Crippen molar-refractivity contribution >= 4 is 33.4 Å². The van der Waals surface area contributed by atoms with Crippen molar-refractivity contribution < 1.29 is 27.1 Å². The molecule has 4 rings (SSSR count). The SMILES string of the molecule is COc1cccc(NC(=O)CSc2nnc(-c3ccc(S(=O)(=O)N4CCOCC4)cc3)o2)c1. The maximum atomic E-state index is 12.7. The monoisotopic (exact) mass is 490 g/mol. The number of carbonyl (C=O) groups excluding carboxylic acids is 1. The molecule has 0 bridgehead atoms. The second kappa shape index (κ2) is 10.3. The Balaban J connectivity index is 1.35. The van der Waals surface area contributed by atoms with Crippen LogP contribution in [-0.2, 0) is 19.6 Å². The summed E-state index contributed by atoms with van der Waals surface area (Å²) in [4.78, 5) is 12.4. The van der Waals surface area contributed by atoms with Gasteiger partial charge in [0.2, 0.25) is 21.8 Å². The molecule has 0 atom stereocenters. The van der Waals surface area contributed by atoms with Gasteiger partial charge in [-0.1, -0.05) is 17.8 Å². The third-order valence-electron chi connectivity index (χ3n) is 4.80. The third-order valence-corrected chi connectivity index (χ3v) is 7.53. The van der Waals surface area contributed by atoms with E-state index in [1.807, 2.05) is 0 Å². The van der Waals surface area contributed by atoms with E-state index in [1.165, 1.54) is 16.4 Å². The Bertz CT molecular complexity index is 1210. The first-order valence-electron chi connectivity index (χ1n) is 10.0. The van der Waals surface area contributed by atoms with Crippen LogP contribution in [0, 0.1) is 0 Å². The number of benzene rings is 2. The lowest BCUT2D eigenvalue weighted by atomic mass is 10.2. The summed E-state index contributed by atoms with van der Waals surface area (Å²) in [5.41, 5.74) is 1.20. The molecule has 1 saturated heterocycles. The van der Waals surface area contributed by atoms with E-state index in [1.54, 1.807) is 43.5 Å². The third kappa shape index (κ3) is 5.71. The summed E-state index contributed by atoms with van der Waals surface area (Å²) in [6.07, 6.45) is 0. The number of hydrogen-bond acceptors (Lipinski definition) is 9. The van der Waals surface area contributed by atoms with Gasteiger partial charge in [-0.15, -0.1) is 10.2 Å². The van der Waals surface area contributed by atoms with E-state index in [0.717, 1.165) is 11.8 Å². The van der Waals surface area contributed by atoms with Gasteiger partial charge in [0.1, 0.15) is 5.75 Å².